The Labute approximate surface area is 141 Å². The summed E-state index contributed by atoms with van der Waals surface area (Å²) in [5.74, 6) is 0.346. The average Bonchev–Trinajstić information content (AvgIpc) is 2.61. The number of methoxy groups -OCH3 is 1. The van der Waals surface area contributed by atoms with Gasteiger partial charge >= 0.3 is 5.97 Å². The van der Waals surface area contributed by atoms with Gasteiger partial charge in [0.25, 0.3) is 0 Å². The number of rotatable bonds is 8. The van der Waals surface area contributed by atoms with Crippen LogP contribution in [0.15, 0.2) is 54.6 Å². The molecular formula is C19H20O5. The van der Waals surface area contributed by atoms with E-state index < -0.39 is 12.1 Å². The second-order valence-corrected chi connectivity index (χ2v) is 5.22. The van der Waals surface area contributed by atoms with E-state index in [1.807, 2.05) is 30.3 Å². The summed E-state index contributed by atoms with van der Waals surface area (Å²) in [7, 11) is 1.25. The molecule has 0 fully saturated rings. The first-order chi connectivity index (χ1) is 11.6. The number of esters is 1. The Morgan fingerprint density at radius 3 is 2.21 bits per heavy atom. The third-order valence-electron chi connectivity index (χ3n) is 3.38. The minimum absolute atomic E-state index is 0.296. The minimum Gasteiger partial charge on any atom is -0.489 e. The Morgan fingerprint density at radius 2 is 1.58 bits per heavy atom. The van der Waals surface area contributed by atoms with Gasteiger partial charge in [-0.25, -0.2) is 0 Å². The Balaban J connectivity index is 1.85. The first-order valence-electron chi connectivity index (χ1n) is 7.61. The standard InChI is InChI=1S/C19H20O5/c1-14(18(20)12-19(21)22-2)24-17-10-8-16(9-11-17)23-13-15-6-4-3-5-7-15/h3-11,14H,12-13H2,1-2H3. The number of carbonyl (C=O) groups is 2. The lowest BCUT2D eigenvalue weighted by molar-refractivity contribution is -0.144. The van der Waals surface area contributed by atoms with Crippen LogP contribution in [0.2, 0.25) is 0 Å². The van der Waals surface area contributed by atoms with E-state index >= 15 is 0 Å². The van der Waals surface area contributed by atoms with Gasteiger partial charge in [-0.15, -0.1) is 0 Å². The highest BCUT2D eigenvalue weighted by Crippen LogP contribution is 2.20. The van der Waals surface area contributed by atoms with Crippen LogP contribution in [0.25, 0.3) is 0 Å². The van der Waals surface area contributed by atoms with Crippen molar-refractivity contribution in [2.45, 2.75) is 26.1 Å². The summed E-state index contributed by atoms with van der Waals surface area (Å²) in [5.41, 5.74) is 1.08. The zero-order valence-corrected chi connectivity index (χ0v) is 13.7. The number of carbonyl (C=O) groups excluding carboxylic acids is 2. The smallest absolute Gasteiger partial charge is 0.313 e. The molecule has 0 bridgehead atoms. The molecule has 0 aliphatic carbocycles. The molecule has 2 aromatic rings. The van der Waals surface area contributed by atoms with Crippen LogP contribution in [-0.2, 0) is 20.9 Å². The topological polar surface area (TPSA) is 61.8 Å². The molecule has 0 N–H and O–H groups in total. The summed E-state index contributed by atoms with van der Waals surface area (Å²) in [5, 5.41) is 0. The lowest BCUT2D eigenvalue weighted by atomic mass is 10.2. The molecule has 5 heteroatoms. The molecule has 5 nitrogen and oxygen atoms in total. The van der Waals surface area contributed by atoms with Gasteiger partial charge in [0.05, 0.1) is 7.11 Å². The van der Waals surface area contributed by atoms with E-state index in [0.29, 0.717) is 18.1 Å². The second-order valence-electron chi connectivity index (χ2n) is 5.22. The van der Waals surface area contributed by atoms with Gasteiger partial charge in [0.15, 0.2) is 11.9 Å². The van der Waals surface area contributed by atoms with Gasteiger partial charge in [-0.1, -0.05) is 30.3 Å². The largest absolute Gasteiger partial charge is 0.489 e. The Hall–Kier alpha value is -2.82. The van der Waals surface area contributed by atoms with Crippen molar-refractivity contribution in [2.24, 2.45) is 0 Å². The molecular weight excluding hydrogens is 308 g/mol. The van der Waals surface area contributed by atoms with Crippen LogP contribution in [-0.4, -0.2) is 25.0 Å². The number of ether oxygens (including phenoxy) is 3. The number of benzene rings is 2. The number of hydrogen-bond acceptors (Lipinski definition) is 5. The first-order valence-corrected chi connectivity index (χ1v) is 7.61. The van der Waals surface area contributed by atoms with E-state index in [0.717, 1.165) is 5.56 Å². The monoisotopic (exact) mass is 328 g/mol. The molecule has 1 atom stereocenters. The summed E-state index contributed by atoms with van der Waals surface area (Å²) in [6.45, 7) is 2.08. The molecule has 0 saturated carbocycles. The summed E-state index contributed by atoms with van der Waals surface area (Å²) in [6, 6.07) is 16.9. The zero-order chi connectivity index (χ0) is 17.4. The molecule has 0 saturated heterocycles. The molecule has 0 aliphatic heterocycles. The number of hydrogen-bond donors (Lipinski definition) is 0. The van der Waals surface area contributed by atoms with Crippen LogP contribution >= 0.6 is 0 Å². The maximum absolute atomic E-state index is 11.8. The number of ketones is 1. The van der Waals surface area contributed by atoms with Crippen molar-refractivity contribution in [1.29, 1.82) is 0 Å². The maximum Gasteiger partial charge on any atom is 0.313 e. The van der Waals surface area contributed by atoms with Crippen LogP contribution in [0.1, 0.15) is 18.9 Å². The molecule has 0 heterocycles. The molecule has 0 aliphatic rings. The van der Waals surface area contributed by atoms with E-state index in [-0.39, 0.29) is 12.2 Å². The van der Waals surface area contributed by atoms with E-state index in [4.69, 9.17) is 9.47 Å². The molecule has 2 aromatic carbocycles. The van der Waals surface area contributed by atoms with Crippen LogP contribution in [0.5, 0.6) is 11.5 Å². The fourth-order valence-electron chi connectivity index (χ4n) is 1.98. The van der Waals surface area contributed by atoms with Crippen molar-refractivity contribution in [1.82, 2.24) is 0 Å². The molecule has 126 valence electrons. The fourth-order valence-corrected chi connectivity index (χ4v) is 1.98. The van der Waals surface area contributed by atoms with Crippen molar-refractivity contribution in [3.05, 3.63) is 60.2 Å². The normalized spacial score (nSPS) is 11.4. The van der Waals surface area contributed by atoms with Gasteiger partial charge in [0.1, 0.15) is 24.5 Å². The molecule has 0 aromatic heterocycles. The van der Waals surface area contributed by atoms with Gasteiger partial charge < -0.3 is 14.2 Å². The highest BCUT2D eigenvalue weighted by atomic mass is 16.5. The van der Waals surface area contributed by atoms with Crippen molar-refractivity contribution in [2.75, 3.05) is 7.11 Å². The third kappa shape index (κ3) is 5.43. The van der Waals surface area contributed by atoms with Gasteiger partial charge in [0.2, 0.25) is 0 Å². The van der Waals surface area contributed by atoms with E-state index in [9.17, 15) is 9.59 Å². The van der Waals surface area contributed by atoms with Crippen LogP contribution in [0.3, 0.4) is 0 Å². The van der Waals surface area contributed by atoms with Gasteiger partial charge in [-0.2, -0.15) is 0 Å². The van der Waals surface area contributed by atoms with Gasteiger partial charge in [-0.05, 0) is 36.8 Å². The molecule has 0 spiro atoms. The fraction of sp³-hybridized carbons (Fsp3) is 0.263. The maximum atomic E-state index is 11.8. The summed E-state index contributed by atoms with van der Waals surface area (Å²) < 4.78 is 15.7. The van der Waals surface area contributed by atoms with Crippen molar-refractivity contribution in [3.8, 4) is 11.5 Å². The molecule has 2 rings (SSSR count). The first kappa shape index (κ1) is 17.5. The predicted molar refractivity (Wildman–Crippen MR) is 88.9 cm³/mol. The zero-order valence-electron chi connectivity index (χ0n) is 13.7. The van der Waals surface area contributed by atoms with Gasteiger partial charge in [-0.3, -0.25) is 9.59 Å². The Morgan fingerprint density at radius 1 is 0.958 bits per heavy atom. The second kappa shape index (κ2) is 8.72. The molecule has 0 amide bonds. The Kier molecular flexibility index (Phi) is 6.37. The SMILES string of the molecule is COC(=O)CC(=O)C(C)Oc1ccc(OCc2ccccc2)cc1. The lowest BCUT2D eigenvalue weighted by Crippen LogP contribution is -2.26. The molecule has 0 radical (unpaired) electrons. The lowest BCUT2D eigenvalue weighted by Gasteiger charge is -2.13. The minimum atomic E-state index is -0.722. The third-order valence-corrected chi connectivity index (χ3v) is 3.38. The van der Waals surface area contributed by atoms with E-state index in [1.54, 1.807) is 31.2 Å². The Bertz CT molecular complexity index is 664. The van der Waals surface area contributed by atoms with Crippen LogP contribution in [0, 0.1) is 0 Å². The summed E-state index contributed by atoms with van der Waals surface area (Å²) in [6.07, 6.45) is -1.02. The van der Waals surface area contributed by atoms with Crippen LogP contribution < -0.4 is 9.47 Å². The molecule has 1 unspecified atom stereocenters. The summed E-state index contributed by atoms with van der Waals surface area (Å²) in [4.78, 5) is 22.9. The number of Topliss-reactive ketones (excluding diaryl/α,β-unsaturated/α-hetero) is 1. The average molecular weight is 328 g/mol. The highest BCUT2D eigenvalue weighted by Gasteiger charge is 2.18. The van der Waals surface area contributed by atoms with Gasteiger partial charge in [0, 0.05) is 0 Å². The van der Waals surface area contributed by atoms with E-state index in [1.165, 1.54) is 7.11 Å². The van der Waals surface area contributed by atoms with Crippen molar-refractivity contribution < 1.29 is 23.8 Å². The van der Waals surface area contributed by atoms with Crippen molar-refractivity contribution in [3.63, 3.8) is 0 Å². The quantitative estimate of drug-likeness (QED) is 0.550. The molecule has 24 heavy (non-hydrogen) atoms. The van der Waals surface area contributed by atoms with Crippen molar-refractivity contribution >= 4 is 11.8 Å². The summed E-state index contributed by atoms with van der Waals surface area (Å²) >= 11 is 0. The van der Waals surface area contributed by atoms with Crippen LogP contribution in [0.4, 0.5) is 0 Å². The predicted octanol–water partition coefficient (Wildman–Crippen LogP) is 3.17. The highest BCUT2D eigenvalue weighted by molar-refractivity contribution is 5.97. The van der Waals surface area contributed by atoms with E-state index in [2.05, 4.69) is 4.74 Å².